The molecule has 0 aliphatic rings. The molecule has 2 aromatic rings. The molecule has 21 heavy (non-hydrogen) atoms. The highest BCUT2D eigenvalue weighted by molar-refractivity contribution is 9.10. The van der Waals surface area contributed by atoms with Crippen molar-refractivity contribution in [2.75, 3.05) is 13.6 Å². The molecule has 1 aromatic heterocycles. The highest BCUT2D eigenvalue weighted by Gasteiger charge is 2.16. The number of aromatic nitrogens is 2. The number of halogens is 1. The first-order valence-electron chi connectivity index (χ1n) is 7.08. The lowest BCUT2D eigenvalue weighted by atomic mass is 10.1. The minimum absolute atomic E-state index is 0.0221. The monoisotopic (exact) mass is 349 g/mol. The summed E-state index contributed by atoms with van der Waals surface area (Å²) in [5.74, 6) is 0.471. The lowest BCUT2D eigenvalue weighted by molar-refractivity contribution is 0.0769. The van der Waals surface area contributed by atoms with E-state index in [0.717, 1.165) is 28.7 Å². The van der Waals surface area contributed by atoms with Gasteiger partial charge in [0, 0.05) is 23.6 Å². The number of carbonyl (C=O) groups excluding carboxylic acids is 1. The van der Waals surface area contributed by atoms with Crippen LogP contribution in [0.3, 0.4) is 0 Å². The first kappa shape index (κ1) is 15.8. The highest BCUT2D eigenvalue weighted by atomic mass is 79.9. The van der Waals surface area contributed by atoms with Crippen molar-refractivity contribution in [3.05, 3.63) is 40.5 Å². The summed E-state index contributed by atoms with van der Waals surface area (Å²) >= 11 is 3.41. The Kier molecular flexibility index (Phi) is 5.17. The molecular weight excluding hydrogens is 330 g/mol. The second kappa shape index (κ2) is 6.89. The van der Waals surface area contributed by atoms with Gasteiger partial charge >= 0.3 is 0 Å². The summed E-state index contributed by atoms with van der Waals surface area (Å²) in [5.41, 5.74) is 2.29. The fourth-order valence-corrected chi connectivity index (χ4v) is 2.35. The molecule has 1 aromatic carbocycles. The molecule has 1 N–H and O–H groups in total. The maximum absolute atomic E-state index is 12.3. The molecule has 0 aliphatic carbocycles. The van der Waals surface area contributed by atoms with Crippen molar-refractivity contribution in [3.63, 3.8) is 0 Å². The highest BCUT2D eigenvalue weighted by Crippen LogP contribution is 2.21. The zero-order chi connectivity index (χ0) is 15.4. The molecule has 4 nitrogen and oxygen atoms in total. The second-order valence-electron chi connectivity index (χ2n) is 5.37. The van der Waals surface area contributed by atoms with Crippen molar-refractivity contribution in [3.8, 4) is 11.3 Å². The molecule has 0 fully saturated rings. The van der Waals surface area contributed by atoms with Gasteiger partial charge in [-0.25, -0.2) is 0 Å². The van der Waals surface area contributed by atoms with E-state index in [0.29, 0.717) is 11.6 Å². The van der Waals surface area contributed by atoms with Crippen LogP contribution in [-0.2, 0) is 0 Å². The van der Waals surface area contributed by atoms with Crippen molar-refractivity contribution < 1.29 is 4.79 Å². The Bertz CT molecular complexity index is 606. The van der Waals surface area contributed by atoms with Crippen LogP contribution in [0.2, 0.25) is 0 Å². The van der Waals surface area contributed by atoms with Crippen molar-refractivity contribution in [1.82, 2.24) is 15.1 Å². The number of aromatic amines is 1. The number of H-pyrrole nitrogens is 1. The normalized spacial score (nSPS) is 12.2. The van der Waals surface area contributed by atoms with Crippen LogP contribution >= 0.6 is 15.9 Å². The third kappa shape index (κ3) is 3.94. The maximum Gasteiger partial charge on any atom is 0.271 e. The standard InChI is InChI=1S/C16H20BrN3O/c1-4-11(2)10-20(3)16(21)15-9-14(18-19-15)12-5-7-13(17)8-6-12/h5-9,11H,4,10H2,1-3H3,(H,18,19). The number of benzene rings is 1. The van der Waals surface area contributed by atoms with E-state index in [4.69, 9.17) is 0 Å². The summed E-state index contributed by atoms with van der Waals surface area (Å²) in [5, 5.41) is 7.07. The molecule has 0 spiro atoms. The van der Waals surface area contributed by atoms with E-state index in [-0.39, 0.29) is 5.91 Å². The largest absolute Gasteiger partial charge is 0.340 e. The zero-order valence-electron chi connectivity index (χ0n) is 12.6. The Labute approximate surface area is 133 Å². The van der Waals surface area contributed by atoms with Gasteiger partial charge in [-0.15, -0.1) is 0 Å². The Balaban J connectivity index is 2.12. The molecule has 1 unspecified atom stereocenters. The van der Waals surface area contributed by atoms with Crippen LogP contribution < -0.4 is 0 Å². The number of amides is 1. The Morgan fingerprint density at radius 2 is 2.05 bits per heavy atom. The second-order valence-corrected chi connectivity index (χ2v) is 6.29. The van der Waals surface area contributed by atoms with Gasteiger partial charge in [-0.05, 0) is 24.1 Å². The summed E-state index contributed by atoms with van der Waals surface area (Å²) in [6, 6.07) is 9.66. The summed E-state index contributed by atoms with van der Waals surface area (Å²) in [7, 11) is 1.83. The molecule has 2 rings (SSSR count). The number of nitrogens with one attached hydrogen (secondary N) is 1. The van der Waals surface area contributed by atoms with Gasteiger partial charge in [0.2, 0.25) is 0 Å². The van der Waals surface area contributed by atoms with Crippen LogP contribution in [0.1, 0.15) is 30.8 Å². The van der Waals surface area contributed by atoms with E-state index in [1.54, 1.807) is 11.0 Å². The van der Waals surface area contributed by atoms with Gasteiger partial charge in [0.25, 0.3) is 5.91 Å². The van der Waals surface area contributed by atoms with Crippen LogP contribution in [0.15, 0.2) is 34.8 Å². The minimum Gasteiger partial charge on any atom is -0.340 e. The Morgan fingerprint density at radius 1 is 1.38 bits per heavy atom. The third-order valence-electron chi connectivity index (χ3n) is 3.58. The van der Waals surface area contributed by atoms with Gasteiger partial charge in [0.15, 0.2) is 0 Å². The van der Waals surface area contributed by atoms with E-state index >= 15 is 0 Å². The SMILES string of the molecule is CCC(C)CN(C)C(=O)c1cc(-c2ccc(Br)cc2)n[nH]1. The average Bonchev–Trinajstić information content (AvgIpc) is 2.96. The molecule has 0 saturated heterocycles. The first-order valence-corrected chi connectivity index (χ1v) is 7.87. The van der Waals surface area contributed by atoms with Gasteiger partial charge in [0.05, 0.1) is 5.69 Å². The minimum atomic E-state index is -0.0221. The number of rotatable bonds is 5. The summed E-state index contributed by atoms with van der Waals surface area (Å²) < 4.78 is 1.02. The lowest BCUT2D eigenvalue weighted by Gasteiger charge is -2.19. The van der Waals surface area contributed by atoms with Gasteiger partial charge in [-0.1, -0.05) is 48.3 Å². The number of hydrogen-bond acceptors (Lipinski definition) is 2. The van der Waals surface area contributed by atoms with E-state index in [9.17, 15) is 4.79 Å². The van der Waals surface area contributed by atoms with Crippen LogP contribution in [0.5, 0.6) is 0 Å². The average molecular weight is 350 g/mol. The van der Waals surface area contributed by atoms with Gasteiger partial charge in [-0.2, -0.15) is 5.10 Å². The van der Waals surface area contributed by atoms with E-state index < -0.39 is 0 Å². The van der Waals surface area contributed by atoms with Crippen LogP contribution in [0.25, 0.3) is 11.3 Å². The summed E-state index contributed by atoms with van der Waals surface area (Å²) in [6.07, 6.45) is 1.06. The fourth-order valence-electron chi connectivity index (χ4n) is 2.08. The fraction of sp³-hybridized carbons (Fsp3) is 0.375. The topological polar surface area (TPSA) is 49.0 Å². The van der Waals surface area contributed by atoms with Crippen molar-refractivity contribution in [1.29, 1.82) is 0 Å². The molecule has 1 atom stereocenters. The molecule has 0 bridgehead atoms. The molecule has 0 saturated carbocycles. The van der Waals surface area contributed by atoms with Gasteiger partial charge < -0.3 is 4.90 Å². The smallest absolute Gasteiger partial charge is 0.271 e. The molecule has 5 heteroatoms. The van der Waals surface area contributed by atoms with E-state index in [2.05, 4.69) is 40.0 Å². The van der Waals surface area contributed by atoms with Gasteiger partial charge in [-0.3, -0.25) is 9.89 Å². The summed E-state index contributed by atoms with van der Waals surface area (Å²) in [6.45, 7) is 5.02. The zero-order valence-corrected chi connectivity index (χ0v) is 14.1. The van der Waals surface area contributed by atoms with Crippen molar-refractivity contribution >= 4 is 21.8 Å². The molecule has 112 valence electrons. The lowest BCUT2D eigenvalue weighted by Crippen LogP contribution is -2.31. The van der Waals surface area contributed by atoms with Crippen molar-refractivity contribution in [2.45, 2.75) is 20.3 Å². The third-order valence-corrected chi connectivity index (χ3v) is 4.11. The number of hydrogen-bond donors (Lipinski definition) is 1. The first-order chi connectivity index (χ1) is 10.0. The van der Waals surface area contributed by atoms with Crippen LogP contribution in [0.4, 0.5) is 0 Å². The predicted molar refractivity (Wildman–Crippen MR) is 88.1 cm³/mol. The molecule has 0 aliphatic heterocycles. The molecule has 0 radical (unpaired) electrons. The quantitative estimate of drug-likeness (QED) is 0.887. The van der Waals surface area contributed by atoms with Gasteiger partial charge in [0.1, 0.15) is 5.69 Å². The summed E-state index contributed by atoms with van der Waals surface area (Å²) in [4.78, 5) is 14.1. The van der Waals surface area contributed by atoms with E-state index in [1.165, 1.54) is 0 Å². The van der Waals surface area contributed by atoms with Crippen LogP contribution in [0, 0.1) is 5.92 Å². The number of carbonyl (C=O) groups is 1. The van der Waals surface area contributed by atoms with E-state index in [1.807, 2.05) is 31.3 Å². The number of nitrogens with zero attached hydrogens (tertiary/aromatic N) is 2. The molecule has 1 amide bonds. The van der Waals surface area contributed by atoms with Crippen molar-refractivity contribution in [2.24, 2.45) is 5.92 Å². The molecular formula is C16H20BrN3O. The Morgan fingerprint density at radius 3 is 2.67 bits per heavy atom. The Hall–Kier alpha value is -1.62. The predicted octanol–water partition coefficient (Wildman–Crippen LogP) is 3.96. The van der Waals surface area contributed by atoms with Crippen LogP contribution in [-0.4, -0.2) is 34.6 Å². The molecule has 1 heterocycles. The maximum atomic E-state index is 12.3.